The van der Waals surface area contributed by atoms with Crippen LogP contribution >= 0.6 is 11.6 Å². The van der Waals surface area contributed by atoms with Crippen molar-refractivity contribution in [2.24, 2.45) is 0 Å². The number of nitrogens with zero attached hydrogens (tertiary/aromatic N) is 4. The molecule has 0 spiro atoms. The SMILES string of the molecule is Cc1cc(Nc2cc(C(C)C)[nH]n2)nc(Nc2ccc(NC(=O)Nc3ccc(Cl)c(C(F)(F)F)c3)nc2)n1. The second kappa shape index (κ2) is 10.9. The maximum absolute atomic E-state index is 13.0. The summed E-state index contributed by atoms with van der Waals surface area (Å²) in [5.41, 5.74) is 1.12. The first kappa shape index (κ1) is 26.7. The lowest BCUT2D eigenvalue weighted by Gasteiger charge is -2.12. The number of anilines is 6. The van der Waals surface area contributed by atoms with E-state index < -0.39 is 22.8 Å². The van der Waals surface area contributed by atoms with Gasteiger partial charge >= 0.3 is 12.2 Å². The molecule has 0 fully saturated rings. The highest BCUT2D eigenvalue weighted by Crippen LogP contribution is 2.36. The summed E-state index contributed by atoms with van der Waals surface area (Å²) in [7, 11) is 0. The molecule has 0 saturated carbocycles. The first-order valence-corrected chi connectivity index (χ1v) is 11.7. The van der Waals surface area contributed by atoms with Gasteiger partial charge in [-0.1, -0.05) is 25.4 Å². The molecule has 5 N–H and O–H groups in total. The van der Waals surface area contributed by atoms with Crippen LogP contribution in [0.2, 0.25) is 5.02 Å². The first-order chi connectivity index (χ1) is 18.0. The van der Waals surface area contributed by atoms with Crippen molar-refractivity contribution in [1.29, 1.82) is 0 Å². The Morgan fingerprint density at radius 1 is 0.947 bits per heavy atom. The molecule has 0 saturated heterocycles. The molecule has 0 aliphatic carbocycles. The number of aromatic amines is 1. The summed E-state index contributed by atoms with van der Waals surface area (Å²) < 4.78 is 39.1. The standard InChI is InChI=1S/C24H23ClF3N9O/c1-12(2)18-10-21(37-36-18)33-20-8-13(3)30-22(34-20)31-15-5-7-19(29-11-15)35-23(38)32-14-4-6-17(25)16(9-14)24(26,27)28/h4-12H,1-3H3,(H2,29,32,35,38)(H3,30,31,33,34,36,37). The van der Waals surface area contributed by atoms with E-state index in [9.17, 15) is 18.0 Å². The van der Waals surface area contributed by atoms with Gasteiger partial charge in [-0.25, -0.2) is 14.8 Å². The number of pyridine rings is 1. The molecule has 4 rings (SSSR count). The quantitative estimate of drug-likeness (QED) is 0.172. The Kier molecular flexibility index (Phi) is 7.67. The van der Waals surface area contributed by atoms with Crippen molar-refractivity contribution in [3.63, 3.8) is 0 Å². The molecule has 4 aromatic rings. The third-order valence-electron chi connectivity index (χ3n) is 5.12. The molecule has 2 amide bonds. The Balaban J connectivity index is 1.38. The Bertz CT molecular complexity index is 1440. The Morgan fingerprint density at radius 3 is 2.37 bits per heavy atom. The molecule has 3 aromatic heterocycles. The minimum absolute atomic E-state index is 0.0752. The molecule has 198 valence electrons. The second-order valence-corrected chi connectivity index (χ2v) is 8.94. The lowest BCUT2D eigenvalue weighted by Crippen LogP contribution is -2.20. The van der Waals surface area contributed by atoms with Gasteiger partial charge in [0.05, 0.1) is 22.5 Å². The van der Waals surface area contributed by atoms with E-state index in [-0.39, 0.29) is 11.5 Å². The summed E-state index contributed by atoms with van der Waals surface area (Å²) in [6, 6.07) is 9.13. The third-order valence-corrected chi connectivity index (χ3v) is 5.45. The van der Waals surface area contributed by atoms with Crippen molar-refractivity contribution < 1.29 is 18.0 Å². The zero-order chi connectivity index (χ0) is 27.4. The molecule has 38 heavy (non-hydrogen) atoms. The normalized spacial score (nSPS) is 11.4. The maximum atomic E-state index is 13.0. The smallest absolute Gasteiger partial charge is 0.323 e. The van der Waals surface area contributed by atoms with Crippen LogP contribution < -0.4 is 21.3 Å². The van der Waals surface area contributed by atoms with Crippen molar-refractivity contribution in [1.82, 2.24) is 25.1 Å². The van der Waals surface area contributed by atoms with E-state index in [1.165, 1.54) is 18.3 Å². The number of urea groups is 1. The number of carbonyl (C=O) groups is 1. The number of benzene rings is 1. The van der Waals surface area contributed by atoms with Crippen molar-refractivity contribution in [3.8, 4) is 0 Å². The highest BCUT2D eigenvalue weighted by molar-refractivity contribution is 6.31. The van der Waals surface area contributed by atoms with E-state index in [0.29, 0.717) is 34.9 Å². The van der Waals surface area contributed by atoms with Crippen LogP contribution in [0.3, 0.4) is 0 Å². The van der Waals surface area contributed by atoms with Gasteiger partial charge in [0, 0.05) is 29.2 Å². The third kappa shape index (κ3) is 6.88. The number of aromatic nitrogens is 5. The van der Waals surface area contributed by atoms with Gasteiger partial charge < -0.3 is 16.0 Å². The summed E-state index contributed by atoms with van der Waals surface area (Å²) >= 11 is 5.60. The highest BCUT2D eigenvalue weighted by Gasteiger charge is 2.33. The van der Waals surface area contributed by atoms with Crippen LogP contribution in [0.4, 0.5) is 52.7 Å². The van der Waals surface area contributed by atoms with Gasteiger partial charge in [-0.05, 0) is 43.2 Å². The number of carbonyl (C=O) groups excluding carboxylic acids is 1. The van der Waals surface area contributed by atoms with Gasteiger partial charge in [0.15, 0.2) is 5.82 Å². The van der Waals surface area contributed by atoms with Crippen LogP contribution in [0.1, 0.15) is 36.7 Å². The fourth-order valence-corrected chi connectivity index (χ4v) is 3.51. The monoisotopic (exact) mass is 545 g/mol. The minimum Gasteiger partial charge on any atom is -0.323 e. The van der Waals surface area contributed by atoms with Gasteiger partial charge in [-0.3, -0.25) is 10.4 Å². The minimum atomic E-state index is -4.65. The Hall–Kier alpha value is -4.39. The van der Waals surface area contributed by atoms with Crippen LogP contribution in [0.5, 0.6) is 0 Å². The molecule has 0 unspecified atom stereocenters. The molecule has 10 nitrogen and oxygen atoms in total. The van der Waals surface area contributed by atoms with E-state index >= 15 is 0 Å². The number of aryl methyl sites for hydroxylation is 1. The number of alkyl halides is 3. The summed E-state index contributed by atoms with van der Waals surface area (Å²) in [6.45, 7) is 5.94. The van der Waals surface area contributed by atoms with E-state index in [4.69, 9.17) is 11.6 Å². The summed E-state index contributed by atoms with van der Waals surface area (Å²) in [6.07, 6.45) is -3.20. The van der Waals surface area contributed by atoms with Gasteiger partial charge in [0.25, 0.3) is 0 Å². The number of rotatable bonds is 7. The molecule has 0 atom stereocenters. The number of H-pyrrole nitrogens is 1. The molecule has 3 heterocycles. The number of nitrogens with one attached hydrogen (secondary N) is 5. The lowest BCUT2D eigenvalue weighted by molar-refractivity contribution is -0.137. The lowest BCUT2D eigenvalue weighted by atomic mass is 10.1. The number of amides is 2. The number of hydrogen-bond acceptors (Lipinski definition) is 7. The summed E-state index contributed by atoms with van der Waals surface area (Å²) in [5.74, 6) is 1.96. The van der Waals surface area contributed by atoms with Crippen LogP contribution in [-0.2, 0) is 6.18 Å². The molecule has 1 aromatic carbocycles. The van der Waals surface area contributed by atoms with Crippen molar-refractivity contribution in [3.05, 3.63) is 70.6 Å². The summed E-state index contributed by atoms with van der Waals surface area (Å²) in [4.78, 5) is 25.2. The van der Waals surface area contributed by atoms with Crippen LogP contribution in [0, 0.1) is 6.92 Å². The zero-order valence-electron chi connectivity index (χ0n) is 20.4. The zero-order valence-corrected chi connectivity index (χ0v) is 21.2. The summed E-state index contributed by atoms with van der Waals surface area (Å²) in [5, 5.41) is 17.7. The first-order valence-electron chi connectivity index (χ1n) is 11.3. The van der Waals surface area contributed by atoms with E-state index in [1.54, 1.807) is 12.1 Å². The fourth-order valence-electron chi connectivity index (χ4n) is 3.29. The van der Waals surface area contributed by atoms with Crippen molar-refractivity contribution >= 4 is 52.4 Å². The average molecular weight is 546 g/mol. The van der Waals surface area contributed by atoms with Crippen molar-refractivity contribution in [2.75, 3.05) is 21.3 Å². The molecule has 0 bridgehead atoms. The fraction of sp³-hybridized carbons (Fsp3) is 0.208. The van der Waals surface area contributed by atoms with Crippen molar-refractivity contribution in [2.45, 2.75) is 32.9 Å². The Morgan fingerprint density at radius 2 is 1.71 bits per heavy atom. The van der Waals surface area contributed by atoms with Crippen LogP contribution in [0.15, 0.2) is 48.7 Å². The average Bonchev–Trinajstić information content (AvgIpc) is 3.29. The van der Waals surface area contributed by atoms with E-state index in [1.807, 2.05) is 13.0 Å². The predicted molar refractivity (Wildman–Crippen MR) is 139 cm³/mol. The molecular formula is C24H23ClF3N9O. The molecule has 0 radical (unpaired) electrons. The van der Waals surface area contributed by atoms with E-state index in [0.717, 1.165) is 17.8 Å². The molecule has 0 aliphatic heterocycles. The Labute approximate surface area is 220 Å². The van der Waals surface area contributed by atoms with Gasteiger partial charge in [-0.15, -0.1) is 0 Å². The van der Waals surface area contributed by atoms with E-state index in [2.05, 4.69) is 60.3 Å². The van der Waals surface area contributed by atoms with Gasteiger partial charge in [-0.2, -0.15) is 23.3 Å². The topological polar surface area (TPSA) is 133 Å². The highest BCUT2D eigenvalue weighted by atomic mass is 35.5. The van der Waals surface area contributed by atoms with Crippen LogP contribution in [0.25, 0.3) is 0 Å². The largest absolute Gasteiger partial charge is 0.417 e. The predicted octanol–water partition coefficient (Wildman–Crippen LogP) is 6.83. The molecule has 14 heteroatoms. The molecular weight excluding hydrogens is 523 g/mol. The number of halogens is 4. The number of hydrogen-bond donors (Lipinski definition) is 5. The molecule has 0 aliphatic rings. The van der Waals surface area contributed by atoms with Gasteiger partial charge in [0.1, 0.15) is 11.6 Å². The second-order valence-electron chi connectivity index (χ2n) is 8.54. The maximum Gasteiger partial charge on any atom is 0.417 e. The van der Waals surface area contributed by atoms with Gasteiger partial charge in [0.2, 0.25) is 5.95 Å². The van der Waals surface area contributed by atoms with Crippen LogP contribution in [-0.4, -0.2) is 31.2 Å².